The summed E-state index contributed by atoms with van der Waals surface area (Å²) in [7, 11) is 0. The van der Waals surface area contributed by atoms with Crippen LogP contribution in [0.2, 0.25) is 0 Å². The summed E-state index contributed by atoms with van der Waals surface area (Å²) in [6.45, 7) is 8.92. The van der Waals surface area contributed by atoms with Gasteiger partial charge in [-0.2, -0.15) is 0 Å². The molecule has 0 fully saturated rings. The van der Waals surface area contributed by atoms with Crippen LogP contribution >= 0.6 is 0 Å². The lowest BCUT2D eigenvalue weighted by molar-refractivity contribution is -0.158. The van der Waals surface area contributed by atoms with Gasteiger partial charge in [0.1, 0.15) is 6.04 Å². The molecule has 2 aromatic carbocycles. The van der Waals surface area contributed by atoms with Crippen molar-refractivity contribution >= 4 is 28.6 Å². The second kappa shape index (κ2) is 10.4. The molecular weight excluding hydrogens is 368 g/mol. The zero-order valence-electron chi connectivity index (χ0n) is 17.1. The third-order valence-corrected chi connectivity index (χ3v) is 4.55. The molecule has 29 heavy (non-hydrogen) atoms. The van der Waals surface area contributed by atoms with Crippen molar-refractivity contribution in [1.29, 1.82) is 0 Å². The molecule has 154 valence electrons. The molecule has 0 aliphatic rings. The third-order valence-electron chi connectivity index (χ3n) is 4.55. The van der Waals surface area contributed by atoms with Gasteiger partial charge in [0.15, 0.2) is 6.10 Å². The second-order valence-corrected chi connectivity index (χ2v) is 7.22. The van der Waals surface area contributed by atoms with Gasteiger partial charge in [0.25, 0.3) is 5.91 Å². The highest BCUT2D eigenvalue weighted by molar-refractivity contribution is 5.92. The summed E-state index contributed by atoms with van der Waals surface area (Å²) in [6.07, 6.45) is 0.725. The maximum atomic E-state index is 12.6. The highest BCUT2D eigenvalue weighted by Gasteiger charge is 2.28. The van der Waals surface area contributed by atoms with Gasteiger partial charge in [-0.25, -0.2) is 4.79 Å². The van der Waals surface area contributed by atoms with Crippen LogP contribution in [0.15, 0.2) is 55.1 Å². The molecule has 2 atom stereocenters. The maximum Gasteiger partial charge on any atom is 0.329 e. The Bertz CT molecular complexity index is 886. The molecular formula is C23H28N2O4. The molecule has 0 spiro atoms. The van der Waals surface area contributed by atoms with Gasteiger partial charge in [0.2, 0.25) is 5.91 Å². The number of amides is 2. The number of hydrogen-bond donors (Lipinski definition) is 2. The smallest absolute Gasteiger partial charge is 0.329 e. The quantitative estimate of drug-likeness (QED) is 0.504. The number of hydrogen-bond acceptors (Lipinski definition) is 4. The monoisotopic (exact) mass is 396 g/mol. The van der Waals surface area contributed by atoms with Crippen LogP contribution in [0, 0.1) is 5.92 Å². The third kappa shape index (κ3) is 6.17. The van der Waals surface area contributed by atoms with Crippen LogP contribution in [0.3, 0.4) is 0 Å². The predicted octanol–water partition coefficient (Wildman–Crippen LogP) is 2.76. The van der Waals surface area contributed by atoms with E-state index in [0.717, 1.165) is 16.3 Å². The summed E-state index contributed by atoms with van der Waals surface area (Å²) in [5, 5.41) is 7.38. The Morgan fingerprint density at radius 2 is 1.76 bits per heavy atom. The molecule has 0 bridgehead atoms. The maximum absolute atomic E-state index is 12.6. The van der Waals surface area contributed by atoms with Crippen LogP contribution in [0.5, 0.6) is 0 Å². The molecule has 0 heterocycles. The molecule has 6 heteroatoms. The average Bonchev–Trinajstić information content (AvgIpc) is 2.70. The molecule has 0 unspecified atom stereocenters. The molecule has 6 nitrogen and oxygen atoms in total. The van der Waals surface area contributed by atoms with E-state index in [1.165, 1.54) is 13.0 Å². The summed E-state index contributed by atoms with van der Waals surface area (Å²) < 4.78 is 5.25. The summed E-state index contributed by atoms with van der Waals surface area (Å²) >= 11 is 0. The molecule has 0 aliphatic carbocycles. The van der Waals surface area contributed by atoms with E-state index in [9.17, 15) is 14.4 Å². The van der Waals surface area contributed by atoms with Crippen molar-refractivity contribution < 1.29 is 19.1 Å². The van der Waals surface area contributed by atoms with Crippen molar-refractivity contribution in [3.63, 3.8) is 0 Å². The van der Waals surface area contributed by atoms with Crippen LogP contribution in [0.1, 0.15) is 26.3 Å². The average molecular weight is 396 g/mol. The molecule has 0 radical (unpaired) electrons. The van der Waals surface area contributed by atoms with Gasteiger partial charge in [0, 0.05) is 6.54 Å². The fraction of sp³-hybridized carbons (Fsp3) is 0.348. The van der Waals surface area contributed by atoms with E-state index < -0.39 is 24.0 Å². The van der Waals surface area contributed by atoms with Gasteiger partial charge in [0.05, 0.1) is 6.42 Å². The van der Waals surface area contributed by atoms with Crippen molar-refractivity contribution in [3.05, 3.63) is 60.7 Å². The molecule has 0 saturated heterocycles. The molecule has 2 amide bonds. The zero-order valence-corrected chi connectivity index (χ0v) is 17.1. The Balaban J connectivity index is 2.03. The van der Waals surface area contributed by atoms with E-state index in [4.69, 9.17) is 4.74 Å². The molecule has 0 saturated carbocycles. The summed E-state index contributed by atoms with van der Waals surface area (Å²) in [5.74, 6) is -1.52. The Labute approximate surface area is 171 Å². The number of carbonyl (C=O) groups is 3. The Morgan fingerprint density at radius 1 is 1.07 bits per heavy atom. The molecule has 2 N–H and O–H groups in total. The minimum absolute atomic E-state index is 0.146. The van der Waals surface area contributed by atoms with E-state index in [1.807, 2.05) is 56.3 Å². The largest absolute Gasteiger partial charge is 0.451 e. The summed E-state index contributed by atoms with van der Waals surface area (Å²) in [5.41, 5.74) is 0.883. The normalized spacial score (nSPS) is 12.8. The van der Waals surface area contributed by atoms with Crippen LogP contribution in [-0.4, -0.2) is 36.5 Å². The van der Waals surface area contributed by atoms with Crippen LogP contribution < -0.4 is 10.6 Å². The van der Waals surface area contributed by atoms with Crippen LogP contribution in [0.4, 0.5) is 0 Å². The molecule has 0 aromatic heterocycles. The number of nitrogens with one attached hydrogen (secondary N) is 2. The van der Waals surface area contributed by atoms with Gasteiger partial charge in [-0.3, -0.25) is 9.59 Å². The first kappa shape index (κ1) is 22.1. The molecule has 0 aliphatic heterocycles. The van der Waals surface area contributed by atoms with Crippen molar-refractivity contribution in [1.82, 2.24) is 10.6 Å². The van der Waals surface area contributed by atoms with Gasteiger partial charge >= 0.3 is 5.97 Å². The number of esters is 1. The second-order valence-electron chi connectivity index (χ2n) is 7.22. The lowest BCUT2D eigenvalue weighted by atomic mass is 10.0. The Hall–Kier alpha value is -3.15. The standard InChI is InChI=1S/C23H28N2O4/c1-5-13-24-22(27)16(4)29-23(28)21(15(2)3)25-20(26)14-18-11-8-10-17-9-6-7-12-19(17)18/h5-12,15-16,21H,1,13-14H2,2-4H3,(H,24,27)(H,25,26)/t16-,21+/m1/s1. The van der Waals surface area contributed by atoms with Crippen molar-refractivity contribution in [2.75, 3.05) is 6.54 Å². The first-order valence-electron chi connectivity index (χ1n) is 9.68. The lowest BCUT2D eigenvalue weighted by Crippen LogP contribution is -2.48. The zero-order chi connectivity index (χ0) is 21.4. The highest BCUT2D eigenvalue weighted by Crippen LogP contribution is 2.19. The van der Waals surface area contributed by atoms with E-state index in [2.05, 4.69) is 17.2 Å². The Kier molecular flexibility index (Phi) is 7.95. The van der Waals surface area contributed by atoms with E-state index >= 15 is 0 Å². The number of carbonyl (C=O) groups excluding carboxylic acids is 3. The van der Waals surface area contributed by atoms with Crippen LogP contribution in [0.25, 0.3) is 10.8 Å². The van der Waals surface area contributed by atoms with E-state index in [1.54, 1.807) is 0 Å². The first-order valence-corrected chi connectivity index (χ1v) is 9.68. The summed E-state index contributed by atoms with van der Waals surface area (Å²) in [6, 6.07) is 12.8. The topological polar surface area (TPSA) is 84.5 Å². The minimum atomic E-state index is -0.960. The minimum Gasteiger partial charge on any atom is -0.451 e. The SMILES string of the molecule is C=CCNC(=O)[C@@H](C)OC(=O)[C@@H](NC(=O)Cc1cccc2ccccc12)C(C)C. The van der Waals surface area contributed by atoms with Crippen molar-refractivity contribution in [3.8, 4) is 0 Å². The fourth-order valence-electron chi connectivity index (χ4n) is 2.96. The Morgan fingerprint density at radius 3 is 2.45 bits per heavy atom. The van der Waals surface area contributed by atoms with Gasteiger partial charge in [-0.05, 0) is 29.2 Å². The lowest BCUT2D eigenvalue weighted by Gasteiger charge is -2.23. The molecule has 2 rings (SSSR count). The fourth-order valence-corrected chi connectivity index (χ4v) is 2.96. The van der Waals surface area contributed by atoms with Crippen LogP contribution in [-0.2, 0) is 25.5 Å². The predicted molar refractivity (Wildman–Crippen MR) is 113 cm³/mol. The number of benzene rings is 2. The summed E-state index contributed by atoms with van der Waals surface area (Å²) in [4.78, 5) is 37.1. The highest BCUT2D eigenvalue weighted by atomic mass is 16.5. The first-order chi connectivity index (χ1) is 13.8. The number of ether oxygens (including phenoxy) is 1. The van der Waals surface area contributed by atoms with E-state index in [0.29, 0.717) is 0 Å². The number of rotatable bonds is 9. The molecule has 2 aromatic rings. The van der Waals surface area contributed by atoms with Crippen molar-refractivity contribution in [2.24, 2.45) is 5.92 Å². The van der Waals surface area contributed by atoms with Crippen molar-refractivity contribution in [2.45, 2.75) is 39.3 Å². The van der Waals surface area contributed by atoms with Gasteiger partial charge < -0.3 is 15.4 Å². The van der Waals surface area contributed by atoms with E-state index in [-0.39, 0.29) is 24.8 Å². The van der Waals surface area contributed by atoms with Gasteiger partial charge in [-0.1, -0.05) is 62.4 Å². The van der Waals surface area contributed by atoms with Gasteiger partial charge in [-0.15, -0.1) is 6.58 Å². The number of fused-ring (bicyclic) bond motifs is 1.